The Morgan fingerprint density at radius 3 is 3.09 bits per heavy atom. The monoisotopic (exact) mass is 307 g/mol. The Labute approximate surface area is 133 Å². The molecule has 3 aromatic rings. The van der Waals surface area contributed by atoms with Crippen LogP contribution in [0.5, 0.6) is 0 Å². The van der Waals surface area contributed by atoms with Gasteiger partial charge in [0.05, 0.1) is 0 Å². The van der Waals surface area contributed by atoms with Crippen LogP contribution < -0.4 is 10.2 Å². The van der Waals surface area contributed by atoms with Gasteiger partial charge >= 0.3 is 0 Å². The molecular weight excluding hydrogens is 290 g/mol. The Balaban J connectivity index is 1.64. The Hall–Kier alpha value is -2.96. The summed E-state index contributed by atoms with van der Waals surface area (Å²) in [5, 5.41) is 14.0. The summed E-state index contributed by atoms with van der Waals surface area (Å²) in [7, 11) is 0. The Kier molecular flexibility index (Phi) is 3.38. The van der Waals surface area contributed by atoms with E-state index in [0.717, 1.165) is 47.6 Å². The van der Waals surface area contributed by atoms with Crippen LogP contribution in [0.4, 0.5) is 17.5 Å². The van der Waals surface area contributed by atoms with Crippen molar-refractivity contribution >= 4 is 34.6 Å². The maximum Gasteiger partial charge on any atom is 0.229 e. The SMILES string of the molecule is CCCN1CC=Cc2cnc(Nc3ccc4n[nH]nc4c3)nc21. The van der Waals surface area contributed by atoms with Crippen molar-refractivity contribution in [3.8, 4) is 0 Å². The van der Waals surface area contributed by atoms with E-state index < -0.39 is 0 Å². The van der Waals surface area contributed by atoms with E-state index in [4.69, 9.17) is 0 Å². The van der Waals surface area contributed by atoms with Gasteiger partial charge in [-0.2, -0.15) is 20.4 Å². The average molecular weight is 307 g/mol. The zero-order valence-corrected chi connectivity index (χ0v) is 12.8. The van der Waals surface area contributed by atoms with E-state index in [1.54, 1.807) is 0 Å². The van der Waals surface area contributed by atoms with Crippen molar-refractivity contribution in [3.05, 3.63) is 36.0 Å². The number of hydrogen-bond acceptors (Lipinski definition) is 6. The van der Waals surface area contributed by atoms with Crippen LogP contribution >= 0.6 is 0 Å². The first-order chi connectivity index (χ1) is 11.3. The summed E-state index contributed by atoms with van der Waals surface area (Å²) in [6, 6.07) is 5.77. The second-order valence-electron chi connectivity index (χ2n) is 5.47. The second kappa shape index (κ2) is 5.68. The van der Waals surface area contributed by atoms with Gasteiger partial charge < -0.3 is 10.2 Å². The molecule has 1 aliphatic rings. The molecular formula is C16H17N7. The van der Waals surface area contributed by atoms with E-state index in [1.807, 2.05) is 24.4 Å². The molecule has 1 aromatic carbocycles. The van der Waals surface area contributed by atoms with E-state index in [1.165, 1.54) is 0 Å². The van der Waals surface area contributed by atoms with Gasteiger partial charge in [-0.25, -0.2) is 4.98 Å². The molecule has 116 valence electrons. The number of benzene rings is 1. The molecule has 0 fully saturated rings. The highest BCUT2D eigenvalue weighted by atomic mass is 15.3. The van der Waals surface area contributed by atoms with Crippen molar-refractivity contribution in [1.29, 1.82) is 0 Å². The van der Waals surface area contributed by atoms with Gasteiger partial charge in [-0.05, 0) is 24.6 Å². The van der Waals surface area contributed by atoms with Crippen molar-refractivity contribution in [2.45, 2.75) is 13.3 Å². The first-order valence-electron chi connectivity index (χ1n) is 7.69. The van der Waals surface area contributed by atoms with Crippen molar-refractivity contribution in [2.75, 3.05) is 23.3 Å². The zero-order valence-electron chi connectivity index (χ0n) is 12.8. The van der Waals surface area contributed by atoms with Gasteiger partial charge in [-0.1, -0.05) is 19.1 Å². The fraction of sp³-hybridized carbons (Fsp3) is 0.250. The lowest BCUT2D eigenvalue weighted by Gasteiger charge is -2.26. The maximum absolute atomic E-state index is 4.68. The lowest BCUT2D eigenvalue weighted by atomic mass is 10.2. The molecule has 7 nitrogen and oxygen atoms in total. The lowest BCUT2D eigenvalue weighted by Crippen LogP contribution is -2.28. The van der Waals surface area contributed by atoms with E-state index in [0.29, 0.717) is 5.95 Å². The third-order valence-corrected chi connectivity index (χ3v) is 3.78. The molecule has 0 amide bonds. The minimum atomic E-state index is 0.586. The van der Waals surface area contributed by atoms with Gasteiger partial charge in [0.2, 0.25) is 5.95 Å². The predicted octanol–water partition coefficient (Wildman–Crippen LogP) is 2.73. The average Bonchev–Trinajstić information content (AvgIpc) is 3.03. The summed E-state index contributed by atoms with van der Waals surface area (Å²) < 4.78 is 0. The number of anilines is 3. The highest BCUT2D eigenvalue weighted by Crippen LogP contribution is 2.25. The Morgan fingerprint density at radius 2 is 2.17 bits per heavy atom. The second-order valence-corrected chi connectivity index (χ2v) is 5.47. The first-order valence-corrected chi connectivity index (χ1v) is 7.69. The zero-order chi connectivity index (χ0) is 15.6. The third-order valence-electron chi connectivity index (χ3n) is 3.78. The van der Waals surface area contributed by atoms with Crippen LogP contribution in [0.1, 0.15) is 18.9 Å². The van der Waals surface area contributed by atoms with Crippen LogP contribution in [0.2, 0.25) is 0 Å². The third kappa shape index (κ3) is 2.61. The number of rotatable bonds is 4. The molecule has 2 N–H and O–H groups in total. The molecule has 3 heterocycles. The molecule has 0 atom stereocenters. The van der Waals surface area contributed by atoms with Gasteiger partial charge in [0.15, 0.2) is 0 Å². The Bertz CT molecular complexity index is 868. The largest absolute Gasteiger partial charge is 0.352 e. The topological polar surface area (TPSA) is 82.6 Å². The lowest BCUT2D eigenvalue weighted by molar-refractivity contribution is 0.795. The predicted molar refractivity (Wildman–Crippen MR) is 90.7 cm³/mol. The molecule has 0 unspecified atom stereocenters. The first kappa shape index (κ1) is 13.7. The summed E-state index contributed by atoms with van der Waals surface area (Å²) in [5.74, 6) is 1.57. The fourth-order valence-corrected chi connectivity index (χ4v) is 2.72. The van der Waals surface area contributed by atoms with Crippen LogP contribution in [0.25, 0.3) is 17.1 Å². The quantitative estimate of drug-likeness (QED) is 0.771. The number of H-pyrrole nitrogens is 1. The van der Waals surface area contributed by atoms with Crippen LogP contribution in [0, 0.1) is 0 Å². The van der Waals surface area contributed by atoms with E-state index in [2.05, 4.69) is 54.7 Å². The molecule has 0 saturated heterocycles. The van der Waals surface area contributed by atoms with Crippen molar-refractivity contribution in [1.82, 2.24) is 25.4 Å². The van der Waals surface area contributed by atoms with Crippen LogP contribution in [-0.2, 0) is 0 Å². The molecule has 0 aliphatic carbocycles. The highest BCUT2D eigenvalue weighted by Gasteiger charge is 2.15. The van der Waals surface area contributed by atoms with Crippen LogP contribution in [0.3, 0.4) is 0 Å². The number of aromatic nitrogens is 5. The summed E-state index contributed by atoms with van der Waals surface area (Å²) >= 11 is 0. The summed E-state index contributed by atoms with van der Waals surface area (Å²) in [5.41, 5.74) is 3.59. The van der Waals surface area contributed by atoms with Gasteiger partial charge in [0.1, 0.15) is 16.9 Å². The molecule has 0 bridgehead atoms. The van der Waals surface area contributed by atoms with E-state index >= 15 is 0 Å². The fourth-order valence-electron chi connectivity index (χ4n) is 2.72. The van der Waals surface area contributed by atoms with E-state index in [-0.39, 0.29) is 0 Å². The molecule has 2 aromatic heterocycles. The molecule has 0 radical (unpaired) electrons. The number of fused-ring (bicyclic) bond motifs is 2. The molecule has 7 heteroatoms. The van der Waals surface area contributed by atoms with E-state index in [9.17, 15) is 0 Å². The van der Waals surface area contributed by atoms with Gasteiger partial charge in [0.25, 0.3) is 0 Å². The van der Waals surface area contributed by atoms with Gasteiger partial charge in [-0.3, -0.25) is 0 Å². The highest BCUT2D eigenvalue weighted by molar-refractivity contribution is 5.79. The number of nitrogens with one attached hydrogen (secondary N) is 2. The molecule has 4 rings (SSSR count). The smallest absolute Gasteiger partial charge is 0.229 e. The molecule has 1 aliphatic heterocycles. The normalized spacial score (nSPS) is 13.3. The van der Waals surface area contributed by atoms with Crippen LogP contribution in [0.15, 0.2) is 30.5 Å². The maximum atomic E-state index is 4.68. The van der Waals surface area contributed by atoms with Crippen molar-refractivity contribution < 1.29 is 0 Å². The van der Waals surface area contributed by atoms with Crippen molar-refractivity contribution in [3.63, 3.8) is 0 Å². The minimum absolute atomic E-state index is 0.586. The van der Waals surface area contributed by atoms with Gasteiger partial charge in [-0.15, -0.1) is 0 Å². The van der Waals surface area contributed by atoms with Crippen molar-refractivity contribution in [2.24, 2.45) is 0 Å². The summed E-state index contributed by atoms with van der Waals surface area (Å²) in [6.45, 7) is 4.05. The van der Waals surface area contributed by atoms with Gasteiger partial charge in [0, 0.05) is 30.5 Å². The Morgan fingerprint density at radius 1 is 1.26 bits per heavy atom. The molecule has 0 saturated carbocycles. The molecule has 0 spiro atoms. The summed E-state index contributed by atoms with van der Waals surface area (Å²) in [4.78, 5) is 11.4. The number of nitrogens with zero attached hydrogens (tertiary/aromatic N) is 5. The van der Waals surface area contributed by atoms with Crippen LogP contribution in [-0.4, -0.2) is 38.5 Å². The number of aromatic amines is 1. The summed E-state index contributed by atoms with van der Waals surface area (Å²) in [6.07, 6.45) is 7.17. The standard InChI is InChI=1S/C16H17N7/c1-2-7-23-8-3-4-11-10-17-16(19-15(11)23)18-12-5-6-13-14(9-12)21-22-20-13/h3-6,9-10H,2,7-8H2,1H3,(H,17,18,19)(H,20,21,22). The minimum Gasteiger partial charge on any atom is -0.352 e. The molecule has 23 heavy (non-hydrogen) atoms. The number of hydrogen-bond donors (Lipinski definition) is 2.